The van der Waals surface area contributed by atoms with Gasteiger partial charge in [-0.2, -0.15) is 0 Å². The van der Waals surface area contributed by atoms with Gasteiger partial charge in [-0.05, 0) is 56.3 Å². The smallest absolute Gasteiger partial charge is 0.328 e. The van der Waals surface area contributed by atoms with Gasteiger partial charge in [0.2, 0.25) is 0 Å². The number of carboxylic acid groups (broad SMARTS) is 1. The second-order valence-corrected chi connectivity index (χ2v) is 10.8. The van der Waals surface area contributed by atoms with Crippen LogP contribution in [-0.4, -0.2) is 42.5 Å². The highest BCUT2D eigenvalue weighted by Crippen LogP contribution is 2.32. The van der Waals surface area contributed by atoms with E-state index in [1.807, 2.05) is 4.72 Å². The molecular formula is C22H22Cl2N4O6S. The first-order valence-electron chi connectivity index (χ1n) is 10.1. The van der Waals surface area contributed by atoms with Gasteiger partial charge < -0.3 is 20.3 Å². The van der Waals surface area contributed by atoms with Gasteiger partial charge in [0, 0.05) is 30.2 Å². The van der Waals surface area contributed by atoms with Gasteiger partial charge in [-0.25, -0.2) is 17.9 Å². The van der Waals surface area contributed by atoms with Crippen molar-refractivity contribution in [1.82, 2.24) is 14.6 Å². The molecule has 3 aromatic rings. The molecule has 0 aliphatic carbocycles. The Kier molecular flexibility index (Phi) is 7.34. The average Bonchev–Trinajstić information content (AvgIpc) is 3.12. The summed E-state index contributed by atoms with van der Waals surface area (Å²) in [5.41, 5.74) is 0.0597. The van der Waals surface area contributed by atoms with Crippen LogP contribution in [0.2, 0.25) is 10.0 Å². The summed E-state index contributed by atoms with van der Waals surface area (Å²) in [7, 11) is -2.53. The third-order valence-corrected chi connectivity index (χ3v) is 7.43. The summed E-state index contributed by atoms with van der Waals surface area (Å²) in [4.78, 5) is 35.6. The Hall–Kier alpha value is -3.28. The van der Waals surface area contributed by atoms with Crippen LogP contribution in [0.1, 0.15) is 24.3 Å². The molecule has 0 aliphatic heterocycles. The molecule has 0 radical (unpaired) electrons. The lowest BCUT2D eigenvalue weighted by molar-refractivity contribution is -0.146. The lowest BCUT2D eigenvalue weighted by Crippen LogP contribution is -2.45. The monoisotopic (exact) mass is 540 g/mol. The first kappa shape index (κ1) is 26.3. The number of rotatable bonds is 7. The highest BCUT2D eigenvalue weighted by Gasteiger charge is 2.28. The van der Waals surface area contributed by atoms with Crippen molar-refractivity contribution in [2.24, 2.45) is 12.5 Å². The van der Waals surface area contributed by atoms with Crippen LogP contribution in [0.15, 0.2) is 47.4 Å². The lowest BCUT2D eigenvalue weighted by Gasteiger charge is -2.19. The normalized spacial score (nSPS) is 11.8. The van der Waals surface area contributed by atoms with Gasteiger partial charge >= 0.3 is 12.0 Å². The lowest BCUT2D eigenvalue weighted by atomic mass is 9.94. The molecule has 0 unspecified atom stereocenters. The molecule has 1 aromatic heterocycles. The molecule has 2 aromatic carbocycles. The summed E-state index contributed by atoms with van der Waals surface area (Å²) in [6.45, 7) is 2.50. The first-order valence-corrected chi connectivity index (χ1v) is 12.4. The molecule has 0 spiro atoms. The van der Waals surface area contributed by atoms with Crippen molar-refractivity contribution >= 4 is 67.7 Å². The van der Waals surface area contributed by atoms with Gasteiger partial charge in [0.05, 0.1) is 20.4 Å². The van der Waals surface area contributed by atoms with Gasteiger partial charge in [0.1, 0.15) is 5.69 Å². The summed E-state index contributed by atoms with van der Waals surface area (Å²) >= 11 is 12.3. The van der Waals surface area contributed by atoms with Crippen molar-refractivity contribution in [3.63, 3.8) is 0 Å². The number of nitrogens with one attached hydrogen (secondary N) is 3. The van der Waals surface area contributed by atoms with E-state index >= 15 is 0 Å². The number of fused-ring (bicyclic) bond motifs is 1. The maximum atomic E-state index is 12.8. The van der Waals surface area contributed by atoms with Crippen LogP contribution in [0.4, 0.5) is 10.5 Å². The number of nitrogens with zero attached hydrogens (tertiary/aromatic N) is 1. The molecule has 10 nitrogen and oxygen atoms in total. The molecule has 0 saturated carbocycles. The second-order valence-electron chi connectivity index (χ2n) is 8.34. The van der Waals surface area contributed by atoms with Crippen LogP contribution in [-0.2, 0) is 21.9 Å². The van der Waals surface area contributed by atoms with Gasteiger partial charge in [-0.3, -0.25) is 9.59 Å². The quantitative estimate of drug-likeness (QED) is 0.358. The van der Waals surface area contributed by atoms with Crippen molar-refractivity contribution in [2.45, 2.75) is 18.7 Å². The summed E-state index contributed by atoms with van der Waals surface area (Å²) in [6.07, 6.45) is 0. The first-order chi connectivity index (χ1) is 16.2. The molecule has 0 bridgehead atoms. The Morgan fingerprint density at radius 1 is 1.06 bits per heavy atom. The fraction of sp³-hybridized carbons (Fsp3) is 0.227. The number of carbonyl (C=O) groups excluding carboxylic acids is 2. The fourth-order valence-electron chi connectivity index (χ4n) is 3.07. The number of anilines is 1. The number of amides is 3. The number of halogens is 2. The molecular weight excluding hydrogens is 519 g/mol. The number of aryl methyl sites for hydroxylation is 1. The minimum Gasteiger partial charge on any atom is -0.481 e. The Morgan fingerprint density at radius 3 is 2.29 bits per heavy atom. The zero-order chi connectivity index (χ0) is 26.1. The minimum atomic E-state index is -4.23. The second kappa shape index (κ2) is 9.76. The van der Waals surface area contributed by atoms with Crippen molar-refractivity contribution < 1.29 is 27.9 Å². The number of benzene rings is 2. The molecule has 186 valence electrons. The maximum Gasteiger partial charge on any atom is 0.328 e. The van der Waals surface area contributed by atoms with Gasteiger partial charge in [0.25, 0.3) is 15.9 Å². The summed E-state index contributed by atoms with van der Waals surface area (Å²) in [6, 6.07) is 9.07. The zero-order valence-electron chi connectivity index (χ0n) is 18.8. The van der Waals surface area contributed by atoms with E-state index in [0.717, 1.165) is 0 Å². The maximum absolute atomic E-state index is 12.8. The Bertz CT molecular complexity index is 1430. The predicted molar refractivity (Wildman–Crippen MR) is 132 cm³/mol. The van der Waals surface area contributed by atoms with E-state index in [4.69, 9.17) is 28.3 Å². The minimum absolute atomic E-state index is 0.228. The van der Waals surface area contributed by atoms with Crippen molar-refractivity contribution in [3.8, 4) is 0 Å². The number of aromatic nitrogens is 1. The molecule has 3 rings (SSSR count). The van der Waals surface area contributed by atoms with Crippen LogP contribution >= 0.6 is 23.2 Å². The standard InChI is InChI=1S/C22H22Cl2N4O6S/c1-22(2,20(30)31)11-25-21(32)27-35(33,34)13-6-4-12(5-7-13)26-19(29)17-10-14-16(28(17)3)9-8-15(23)18(14)24/h4-10H,11H2,1-3H3,(H,26,29)(H,30,31)(H2,25,27,32). The number of hydrogen-bond donors (Lipinski definition) is 4. The molecule has 35 heavy (non-hydrogen) atoms. The molecule has 0 fully saturated rings. The van der Waals surface area contributed by atoms with Crippen LogP contribution in [0.5, 0.6) is 0 Å². The highest BCUT2D eigenvalue weighted by atomic mass is 35.5. The number of aliphatic carboxylic acids is 1. The SMILES string of the molecule is Cn1c(C(=O)Nc2ccc(S(=O)(=O)NC(=O)NCC(C)(C)C(=O)O)cc2)cc2c(Cl)c(Cl)ccc21. The van der Waals surface area contributed by atoms with Crippen LogP contribution < -0.4 is 15.4 Å². The van der Waals surface area contributed by atoms with E-state index in [-0.39, 0.29) is 11.4 Å². The third kappa shape index (κ3) is 5.69. The van der Waals surface area contributed by atoms with E-state index < -0.39 is 33.3 Å². The highest BCUT2D eigenvalue weighted by molar-refractivity contribution is 7.90. The van der Waals surface area contributed by atoms with E-state index in [9.17, 15) is 22.8 Å². The van der Waals surface area contributed by atoms with Gasteiger partial charge in [0.15, 0.2) is 0 Å². The largest absolute Gasteiger partial charge is 0.481 e. The van der Waals surface area contributed by atoms with Crippen molar-refractivity contribution in [2.75, 3.05) is 11.9 Å². The van der Waals surface area contributed by atoms with Crippen LogP contribution in [0, 0.1) is 5.41 Å². The number of carboxylic acids is 1. The Labute approximate surface area is 211 Å². The number of sulfonamides is 1. The molecule has 0 aliphatic rings. The zero-order valence-corrected chi connectivity index (χ0v) is 21.2. The van der Waals surface area contributed by atoms with E-state index in [1.165, 1.54) is 38.1 Å². The van der Waals surface area contributed by atoms with E-state index in [1.54, 1.807) is 29.8 Å². The number of hydrogen-bond acceptors (Lipinski definition) is 5. The topological polar surface area (TPSA) is 147 Å². The molecule has 13 heteroatoms. The summed E-state index contributed by atoms with van der Waals surface area (Å²) < 4.78 is 28.4. The molecule has 4 N–H and O–H groups in total. The average molecular weight is 541 g/mol. The Morgan fingerprint density at radius 2 is 1.69 bits per heavy atom. The van der Waals surface area contributed by atoms with Crippen molar-refractivity contribution in [1.29, 1.82) is 0 Å². The van der Waals surface area contributed by atoms with Crippen LogP contribution in [0.25, 0.3) is 10.9 Å². The molecule has 0 atom stereocenters. The van der Waals surface area contributed by atoms with E-state index in [0.29, 0.717) is 32.3 Å². The Balaban J connectivity index is 1.70. The molecule has 3 amide bonds. The van der Waals surface area contributed by atoms with Gasteiger partial charge in [-0.1, -0.05) is 23.2 Å². The van der Waals surface area contributed by atoms with Crippen molar-refractivity contribution in [3.05, 3.63) is 58.2 Å². The summed E-state index contributed by atoms with van der Waals surface area (Å²) in [5.74, 6) is -1.60. The number of urea groups is 1. The van der Waals surface area contributed by atoms with Gasteiger partial charge in [-0.15, -0.1) is 0 Å². The fourth-order valence-corrected chi connectivity index (χ4v) is 4.38. The third-order valence-electron chi connectivity index (χ3n) is 5.27. The molecule has 1 heterocycles. The number of carbonyl (C=O) groups is 3. The van der Waals surface area contributed by atoms with Crippen LogP contribution in [0.3, 0.4) is 0 Å². The predicted octanol–water partition coefficient (Wildman–Crippen LogP) is 3.84. The molecule has 0 saturated heterocycles. The summed E-state index contributed by atoms with van der Waals surface area (Å²) in [5, 5.41) is 15.3. The van der Waals surface area contributed by atoms with E-state index in [2.05, 4.69) is 10.6 Å².